The van der Waals surface area contributed by atoms with Gasteiger partial charge in [-0.15, -0.1) is 0 Å². The largest absolute Gasteiger partial charge is 0.481 e. The lowest BCUT2D eigenvalue weighted by Crippen LogP contribution is -2.32. The first-order chi connectivity index (χ1) is 7.09. The topological polar surface area (TPSA) is 63.3 Å². The highest BCUT2D eigenvalue weighted by Gasteiger charge is 2.31. The van der Waals surface area contributed by atoms with Gasteiger partial charge in [-0.05, 0) is 36.1 Å². The minimum atomic E-state index is -0.877. The van der Waals surface area contributed by atoms with Crippen LogP contribution in [-0.2, 0) is 11.2 Å². The number of carbonyl (C=O) groups is 1. The van der Waals surface area contributed by atoms with Crippen molar-refractivity contribution < 1.29 is 14.3 Å². The van der Waals surface area contributed by atoms with Gasteiger partial charge in [0.1, 0.15) is 5.82 Å². The Bertz CT molecular complexity index is 406. The number of hydrogen-bond acceptors (Lipinski definition) is 2. The van der Waals surface area contributed by atoms with Crippen LogP contribution in [0.3, 0.4) is 0 Å². The molecule has 15 heavy (non-hydrogen) atoms. The normalized spacial score (nSPS) is 24.7. The van der Waals surface area contributed by atoms with E-state index in [1.165, 1.54) is 12.1 Å². The number of carboxylic acid groups (broad SMARTS) is 1. The maximum atomic E-state index is 12.9. The van der Waals surface area contributed by atoms with E-state index in [1.54, 1.807) is 6.07 Å². The Balaban J connectivity index is 2.38. The van der Waals surface area contributed by atoms with Crippen LogP contribution in [0.25, 0.3) is 0 Å². The summed E-state index contributed by atoms with van der Waals surface area (Å²) < 4.78 is 12.9. The predicted molar refractivity (Wildman–Crippen MR) is 52.8 cm³/mol. The highest BCUT2D eigenvalue weighted by molar-refractivity contribution is 5.72. The second-order valence-electron chi connectivity index (χ2n) is 3.85. The number of fused-ring (bicyclic) bond motifs is 1. The molecule has 1 aliphatic rings. The standard InChI is InChI=1S/C11H12FNO2/c12-7-2-4-8-6(5-7)1-3-9(10(8)13)11(14)15/h2,4-5,9-10H,1,3,13H2,(H,14,15). The third-order valence-electron chi connectivity index (χ3n) is 2.94. The smallest absolute Gasteiger partial charge is 0.308 e. The van der Waals surface area contributed by atoms with Crippen molar-refractivity contribution >= 4 is 5.97 Å². The number of aryl methyl sites for hydroxylation is 1. The summed E-state index contributed by atoms with van der Waals surface area (Å²) in [6, 6.07) is 3.83. The second kappa shape index (κ2) is 3.62. The molecule has 0 saturated heterocycles. The molecule has 0 saturated carbocycles. The molecule has 0 heterocycles. The molecule has 4 heteroatoms. The van der Waals surface area contributed by atoms with Crippen molar-refractivity contribution in [1.82, 2.24) is 0 Å². The lowest BCUT2D eigenvalue weighted by Gasteiger charge is -2.28. The molecule has 0 spiro atoms. The molecule has 3 N–H and O–H groups in total. The van der Waals surface area contributed by atoms with E-state index in [9.17, 15) is 9.18 Å². The maximum absolute atomic E-state index is 12.9. The fourth-order valence-electron chi connectivity index (χ4n) is 2.10. The number of aliphatic carboxylic acids is 1. The van der Waals surface area contributed by atoms with Gasteiger partial charge in [0.25, 0.3) is 0 Å². The Kier molecular flexibility index (Phi) is 2.44. The monoisotopic (exact) mass is 209 g/mol. The van der Waals surface area contributed by atoms with Gasteiger partial charge in [0.2, 0.25) is 0 Å². The number of hydrogen-bond donors (Lipinski definition) is 2. The van der Waals surface area contributed by atoms with E-state index in [4.69, 9.17) is 10.8 Å². The second-order valence-corrected chi connectivity index (χ2v) is 3.85. The van der Waals surface area contributed by atoms with Crippen LogP contribution in [0.1, 0.15) is 23.6 Å². The van der Waals surface area contributed by atoms with Crippen molar-refractivity contribution in [3.05, 3.63) is 35.1 Å². The van der Waals surface area contributed by atoms with Crippen LogP contribution < -0.4 is 5.73 Å². The Morgan fingerprint density at radius 2 is 2.27 bits per heavy atom. The van der Waals surface area contributed by atoms with Crippen LogP contribution in [0.2, 0.25) is 0 Å². The number of carboxylic acids is 1. The third-order valence-corrected chi connectivity index (χ3v) is 2.94. The number of halogens is 1. The summed E-state index contributed by atoms with van der Waals surface area (Å²) in [5.41, 5.74) is 7.43. The summed E-state index contributed by atoms with van der Waals surface area (Å²) in [6.45, 7) is 0. The zero-order chi connectivity index (χ0) is 11.0. The van der Waals surface area contributed by atoms with E-state index >= 15 is 0 Å². The molecule has 0 radical (unpaired) electrons. The van der Waals surface area contributed by atoms with Gasteiger partial charge < -0.3 is 10.8 Å². The van der Waals surface area contributed by atoms with Crippen molar-refractivity contribution in [3.8, 4) is 0 Å². The summed E-state index contributed by atoms with van der Waals surface area (Å²) >= 11 is 0. The van der Waals surface area contributed by atoms with Gasteiger partial charge in [0.15, 0.2) is 0 Å². The Morgan fingerprint density at radius 3 is 2.93 bits per heavy atom. The van der Waals surface area contributed by atoms with Gasteiger partial charge in [-0.1, -0.05) is 6.07 Å². The van der Waals surface area contributed by atoms with E-state index in [-0.39, 0.29) is 5.82 Å². The predicted octanol–water partition coefficient (Wildman–Crippen LogP) is 1.47. The lowest BCUT2D eigenvalue weighted by molar-refractivity contribution is -0.143. The lowest BCUT2D eigenvalue weighted by atomic mass is 9.80. The molecule has 0 bridgehead atoms. The summed E-state index contributed by atoms with van der Waals surface area (Å²) in [5.74, 6) is -1.73. The fraction of sp³-hybridized carbons (Fsp3) is 0.364. The van der Waals surface area contributed by atoms with Crippen molar-refractivity contribution in [3.63, 3.8) is 0 Å². The molecular formula is C11H12FNO2. The molecule has 3 nitrogen and oxygen atoms in total. The van der Waals surface area contributed by atoms with Gasteiger partial charge in [0, 0.05) is 6.04 Å². The molecular weight excluding hydrogens is 197 g/mol. The summed E-state index contributed by atoms with van der Waals surface area (Å²) in [5, 5.41) is 8.93. The van der Waals surface area contributed by atoms with Crippen LogP contribution in [0.15, 0.2) is 18.2 Å². The molecule has 1 aliphatic carbocycles. The zero-order valence-electron chi connectivity index (χ0n) is 8.11. The first-order valence-corrected chi connectivity index (χ1v) is 4.86. The van der Waals surface area contributed by atoms with E-state index in [0.717, 1.165) is 11.1 Å². The van der Waals surface area contributed by atoms with E-state index < -0.39 is 17.9 Å². The minimum Gasteiger partial charge on any atom is -0.481 e. The summed E-state index contributed by atoms with van der Waals surface area (Å²) in [6.07, 6.45) is 1.06. The highest BCUT2D eigenvalue weighted by Crippen LogP contribution is 2.33. The molecule has 2 unspecified atom stereocenters. The van der Waals surface area contributed by atoms with Gasteiger partial charge in [-0.25, -0.2) is 4.39 Å². The molecule has 0 aliphatic heterocycles. The van der Waals surface area contributed by atoms with Gasteiger partial charge >= 0.3 is 5.97 Å². The molecule has 1 aromatic carbocycles. The third kappa shape index (κ3) is 1.72. The van der Waals surface area contributed by atoms with E-state index in [2.05, 4.69) is 0 Å². The maximum Gasteiger partial charge on any atom is 0.308 e. The van der Waals surface area contributed by atoms with Crippen LogP contribution in [0.5, 0.6) is 0 Å². The number of rotatable bonds is 1. The average Bonchev–Trinajstić information content (AvgIpc) is 2.17. The van der Waals surface area contributed by atoms with Crippen LogP contribution >= 0.6 is 0 Å². The van der Waals surface area contributed by atoms with Crippen molar-refractivity contribution in [2.24, 2.45) is 11.7 Å². The quantitative estimate of drug-likeness (QED) is 0.736. The Hall–Kier alpha value is -1.42. The zero-order valence-corrected chi connectivity index (χ0v) is 8.11. The van der Waals surface area contributed by atoms with Gasteiger partial charge in [-0.3, -0.25) is 4.79 Å². The molecule has 80 valence electrons. The first kappa shape index (κ1) is 10.1. The molecule has 0 fully saturated rings. The number of nitrogens with two attached hydrogens (primary N) is 1. The van der Waals surface area contributed by atoms with Crippen molar-refractivity contribution in [1.29, 1.82) is 0 Å². The van der Waals surface area contributed by atoms with Crippen LogP contribution in [0.4, 0.5) is 4.39 Å². The molecule has 1 aromatic rings. The summed E-state index contributed by atoms with van der Waals surface area (Å²) in [7, 11) is 0. The minimum absolute atomic E-state index is 0.297. The molecule has 0 amide bonds. The molecule has 2 rings (SSSR count). The molecule has 2 atom stereocenters. The van der Waals surface area contributed by atoms with E-state index in [1.807, 2.05) is 0 Å². The van der Waals surface area contributed by atoms with Crippen LogP contribution in [0, 0.1) is 11.7 Å². The fourth-order valence-corrected chi connectivity index (χ4v) is 2.10. The SMILES string of the molecule is NC1c2ccc(F)cc2CCC1C(=O)O. The van der Waals surface area contributed by atoms with Crippen LogP contribution in [-0.4, -0.2) is 11.1 Å². The number of benzene rings is 1. The van der Waals surface area contributed by atoms with E-state index in [0.29, 0.717) is 12.8 Å². The average molecular weight is 209 g/mol. The Morgan fingerprint density at radius 1 is 1.53 bits per heavy atom. The Labute approximate surface area is 86.7 Å². The highest BCUT2D eigenvalue weighted by atomic mass is 19.1. The first-order valence-electron chi connectivity index (χ1n) is 4.86. The summed E-state index contributed by atoms with van der Waals surface area (Å²) in [4.78, 5) is 10.9. The van der Waals surface area contributed by atoms with Gasteiger partial charge in [0.05, 0.1) is 5.92 Å². The van der Waals surface area contributed by atoms with Gasteiger partial charge in [-0.2, -0.15) is 0 Å². The molecule has 0 aromatic heterocycles. The van der Waals surface area contributed by atoms with Crippen molar-refractivity contribution in [2.45, 2.75) is 18.9 Å². The van der Waals surface area contributed by atoms with Crippen molar-refractivity contribution in [2.75, 3.05) is 0 Å².